The molecule has 3 N–H and O–H groups in total. The van der Waals surface area contributed by atoms with E-state index in [-0.39, 0.29) is 0 Å². The van der Waals surface area contributed by atoms with Gasteiger partial charge in [-0.1, -0.05) is 12.1 Å². The molecule has 0 aliphatic rings. The van der Waals surface area contributed by atoms with Crippen LogP contribution in [0.1, 0.15) is 5.56 Å². The molecule has 0 saturated carbocycles. The first kappa shape index (κ1) is 11.5. The molecule has 0 bridgehead atoms. The zero-order valence-electron chi connectivity index (χ0n) is 10.2. The van der Waals surface area contributed by atoms with Crippen LogP contribution in [0.4, 0.5) is 11.5 Å². The molecule has 0 radical (unpaired) electrons. The van der Waals surface area contributed by atoms with Crippen molar-refractivity contribution in [2.45, 2.75) is 6.42 Å². The third-order valence-electron chi connectivity index (χ3n) is 2.73. The van der Waals surface area contributed by atoms with Crippen molar-refractivity contribution >= 4 is 17.2 Å². The van der Waals surface area contributed by atoms with Gasteiger partial charge in [-0.15, -0.1) is 14.8 Å². The van der Waals surface area contributed by atoms with Crippen LogP contribution in [0, 0.1) is 0 Å². The lowest BCUT2D eigenvalue weighted by atomic mass is 10.1. The van der Waals surface area contributed by atoms with Crippen molar-refractivity contribution in [1.29, 1.82) is 0 Å². The minimum atomic E-state index is 0.615. The molecule has 2 heterocycles. The molecule has 0 aliphatic heterocycles. The molecule has 0 atom stereocenters. The number of nitrogens with one attached hydrogen (secondary N) is 1. The van der Waals surface area contributed by atoms with E-state index in [0.29, 0.717) is 18.0 Å². The maximum absolute atomic E-state index is 5.52. The molecule has 0 amide bonds. The number of anilines is 2. The zero-order chi connectivity index (χ0) is 13.1. The molecule has 0 unspecified atom stereocenters. The zero-order valence-corrected chi connectivity index (χ0v) is 10.2. The summed E-state index contributed by atoms with van der Waals surface area (Å²) in [4.78, 5) is 0. The van der Waals surface area contributed by atoms with Gasteiger partial charge in [0.15, 0.2) is 11.5 Å². The minimum absolute atomic E-state index is 0.615. The molecule has 3 aromatic rings. The van der Waals surface area contributed by atoms with E-state index in [9.17, 15) is 0 Å². The Balaban J connectivity index is 1.79. The van der Waals surface area contributed by atoms with E-state index in [1.165, 1.54) is 10.2 Å². The first-order valence-corrected chi connectivity index (χ1v) is 5.96. The summed E-state index contributed by atoms with van der Waals surface area (Å²) in [6.07, 6.45) is 0.884. The van der Waals surface area contributed by atoms with Crippen LogP contribution in [0.15, 0.2) is 36.4 Å². The lowest BCUT2D eigenvalue weighted by Crippen LogP contribution is -2.03. The average molecular weight is 255 g/mol. The van der Waals surface area contributed by atoms with Crippen molar-refractivity contribution in [1.82, 2.24) is 25.3 Å². The highest BCUT2D eigenvalue weighted by molar-refractivity contribution is 5.57. The summed E-state index contributed by atoms with van der Waals surface area (Å²) in [7, 11) is 0. The van der Waals surface area contributed by atoms with Gasteiger partial charge in [0.2, 0.25) is 0 Å². The number of nitrogens with zero attached hydrogens (tertiary/aromatic N) is 5. The van der Waals surface area contributed by atoms with E-state index in [1.807, 2.05) is 30.3 Å². The Labute approximate surface area is 109 Å². The first-order chi connectivity index (χ1) is 9.35. The Bertz CT molecular complexity index is 674. The highest BCUT2D eigenvalue weighted by Gasteiger charge is 2.01. The van der Waals surface area contributed by atoms with E-state index in [4.69, 9.17) is 5.73 Å². The van der Waals surface area contributed by atoms with E-state index in [1.54, 1.807) is 6.07 Å². The predicted molar refractivity (Wildman–Crippen MR) is 71.1 cm³/mol. The quantitative estimate of drug-likeness (QED) is 0.715. The summed E-state index contributed by atoms with van der Waals surface area (Å²) in [6.45, 7) is 0.657. The number of rotatable bonds is 4. The molecule has 7 heteroatoms. The highest BCUT2D eigenvalue weighted by Crippen LogP contribution is 2.15. The molecule has 2 aromatic heterocycles. The standard InChI is InChI=1S/C12H13N7/c13-8-7-9-1-3-10(4-2-9)14-11-5-6-12-15-17-18-19(12)16-11/h1-6H,7-8,13H2,(H,14,16). The Morgan fingerprint density at radius 1 is 1.11 bits per heavy atom. The van der Waals surface area contributed by atoms with Crippen molar-refractivity contribution in [3.05, 3.63) is 42.0 Å². The Hall–Kier alpha value is -2.54. The number of hydrogen-bond acceptors (Lipinski definition) is 6. The molecule has 0 aliphatic carbocycles. The SMILES string of the molecule is NCCc1ccc(Nc2ccc3nnnn3n2)cc1. The van der Waals surface area contributed by atoms with Gasteiger partial charge in [0.25, 0.3) is 0 Å². The van der Waals surface area contributed by atoms with Gasteiger partial charge in [-0.2, -0.15) is 0 Å². The molecular formula is C12H13N7. The van der Waals surface area contributed by atoms with Gasteiger partial charge < -0.3 is 11.1 Å². The van der Waals surface area contributed by atoms with Crippen molar-refractivity contribution in [2.75, 3.05) is 11.9 Å². The van der Waals surface area contributed by atoms with Crippen LogP contribution in [0.25, 0.3) is 5.65 Å². The maximum Gasteiger partial charge on any atom is 0.200 e. The second-order valence-corrected chi connectivity index (χ2v) is 4.11. The summed E-state index contributed by atoms with van der Waals surface area (Å²) < 4.78 is 1.38. The van der Waals surface area contributed by atoms with Gasteiger partial charge in [-0.05, 0) is 53.2 Å². The Morgan fingerprint density at radius 2 is 1.95 bits per heavy atom. The van der Waals surface area contributed by atoms with Gasteiger partial charge in [-0.25, -0.2) is 0 Å². The first-order valence-electron chi connectivity index (χ1n) is 5.96. The number of benzene rings is 1. The summed E-state index contributed by atoms with van der Waals surface area (Å²) in [5.74, 6) is 0.686. The molecule has 96 valence electrons. The van der Waals surface area contributed by atoms with E-state index >= 15 is 0 Å². The van der Waals surface area contributed by atoms with Crippen LogP contribution in [0.3, 0.4) is 0 Å². The molecule has 1 aromatic carbocycles. The fraction of sp³-hybridized carbons (Fsp3) is 0.167. The van der Waals surface area contributed by atoms with Gasteiger partial charge >= 0.3 is 0 Å². The third kappa shape index (κ3) is 2.50. The van der Waals surface area contributed by atoms with Crippen LogP contribution in [0.5, 0.6) is 0 Å². The Morgan fingerprint density at radius 3 is 2.74 bits per heavy atom. The van der Waals surface area contributed by atoms with Crippen LogP contribution in [0.2, 0.25) is 0 Å². The fourth-order valence-electron chi connectivity index (χ4n) is 1.79. The lowest BCUT2D eigenvalue weighted by molar-refractivity contribution is 0.736. The summed E-state index contributed by atoms with van der Waals surface area (Å²) in [6, 6.07) is 11.7. The van der Waals surface area contributed by atoms with Gasteiger partial charge in [0, 0.05) is 5.69 Å². The molecule has 0 spiro atoms. The lowest BCUT2D eigenvalue weighted by Gasteiger charge is -2.06. The van der Waals surface area contributed by atoms with Crippen LogP contribution in [-0.2, 0) is 6.42 Å². The molecular weight excluding hydrogens is 242 g/mol. The molecule has 19 heavy (non-hydrogen) atoms. The Kier molecular flexibility index (Phi) is 3.03. The smallest absolute Gasteiger partial charge is 0.200 e. The molecule has 3 rings (SSSR count). The molecule has 0 fully saturated rings. The van der Waals surface area contributed by atoms with Crippen LogP contribution >= 0.6 is 0 Å². The number of hydrogen-bond donors (Lipinski definition) is 2. The second-order valence-electron chi connectivity index (χ2n) is 4.11. The summed E-state index contributed by atoms with van der Waals surface area (Å²) in [5, 5.41) is 18.5. The van der Waals surface area contributed by atoms with E-state index < -0.39 is 0 Å². The van der Waals surface area contributed by atoms with Crippen molar-refractivity contribution < 1.29 is 0 Å². The predicted octanol–water partition coefficient (Wildman–Crippen LogP) is 0.764. The van der Waals surface area contributed by atoms with E-state index in [2.05, 4.69) is 25.9 Å². The van der Waals surface area contributed by atoms with Crippen molar-refractivity contribution in [3.8, 4) is 0 Å². The van der Waals surface area contributed by atoms with E-state index in [0.717, 1.165) is 12.1 Å². The largest absolute Gasteiger partial charge is 0.339 e. The summed E-state index contributed by atoms with van der Waals surface area (Å²) >= 11 is 0. The third-order valence-corrected chi connectivity index (χ3v) is 2.73. The monoisotopic (exact) mass is 255 g/mol. The topological polar surface area (TPSA) is 94.0 Å². The van der Waals surface area contributed by atoms with Crippen LogP contribution < -0.4 is 11.1 Å². The molecule has 0 saturated heterocycles. The average Bonchev–Trinajstić information content (AvgIpc) is 2.89. The minimum Gasteiger partial charge on any atom is -0.339 e. The number of fused-ring (bicyclic) bond motifs is 1. The normalized spacial score (nSPS) is 10.8. The van der Waals surface area contributed by atoms with Crippen LogP contribution in [-0.4, -0.2) is 31.8 Å². The molecule has 7 nitrogen and oxygen atoms in total. The van der Waals surface area contributed by atoms with Crippen molar-refractivity contribution in [2.24, 2.45) is 5.73 Å². The number of aromatic nitrogens is 5. The fourth-order valence-corrected chi connectivity index (χ4v) is 1.79. The van der Waals surface area contributed by atoms with Gasteiger partial charge in [0.1, 0.15) is 0 Å². The van der Waals surface area contributed by atoms with Crippen molar-refractivity contribution in [3.63, 3.8) is 0 Å². The van der Waals surface area contributed by atoms with Gasteiger partial charge in [0.05, 0.1) is 0 Å². The highest BCUT2D eigenvalue weighted by atomic mass is 15.6. The maximum atomic E-state index is 5.52. The van der Waals surface area contributed by atoms with Gasteiger partial charge in [-0.3, -0.25) is 0 Å². The second kappa shape index (κ2) is 4.99. The summed E-state index contributed by atoms with van der Waals surface area (Å²) in [5.41, 5.74) is 8.31. The number of nitrogens with two attached hydrogens (primary N) is 1. The number of tetrazole rings is 1.